The molecular weight excluding hydrogens is 238 g/mol. The van der Waals surface area contributed by atoms with Crippen molar-refractivity contribution < 1.29 is 4.74 Å². The molecule has 0 unspecified atom stereocenters. The van der Waals surface area contributed by atoms with Crippen LogP contribution in [0.2, 0.25) is 5.02 Å². The van der Waals surface area contributed by atoms with Crippen molar-refractivity contribution in [2.45, 2.75) is 6.92 Å². The molecule has 1 aromatic carbocycles. The van der Waals surface area contributed by atoms with Crippen LogP contribution in [0, 0.1) is 6.92 Å². The summed E-state index contributed by atoms with van der Waals surface area (Å²) in [5, 5.41) is 4.76. The highest BCUT2D eigenvalue weighted by atomic mass is 35.5. The van der Waals surface area contributed by atoms with Crippen molar-refractivity contribution >= 4 is 17.4 Å². The number of benzene rings is 1. The van der Waals surface area contributed by atoms with Gasteiger partial charge < -0.3 is 10.5 Å². The van der Waals surface area contributed by atoms with Crippen LogP contribution in [0.5, 0.6) is 5.75 Å². The molecule has 2 aromatic rings. The topological polar surface area (TPSA) is 53.1 Å². The van der Waals surface area contributed by atoms with E-state index in [1.54, 1.807) is 25.0 Å². The molecule has 0 bridgehead atoms. The summed E-state index contributed by atoms with van der Waals surface area (Å²) >= 11 is 6.16. The zero-order valence-corrected chi connectivity index (χ0v) is 10.7. The first kappa shape index (κ1) is 11.8. The predicted molar refractivity (Wildman–Crippen MR) is 69.4 cm³/mol. The van der Waals surface area contributed by atoms with Crippen molar-refractivity contribution in [3.63, 3.8) is 0 Å². The van der Waals surface area contributed by atoms with Crippen LogP contribution in [0.3, 0.4) is 0 Å². The second-order valence-corrected chi connectivity index (χ2v) is 4.26. The largest absolute Gasteiger partial charge is 0.496 e. The van der Waals surface area contributed by atoms with E-state index in [0.29, 0.717) is 10.8 Å². The molecule has 0 aliphatic rings. The Hall–Kier alpha value is -1.68. The van der Waals surface area contributed by atoms with E-state index in [1.807, 2.05) is 19.1 Å². The predicted octanol–water partition coefficient (Wildman–Crippen LogP) is 2.64. The highest BCUT2D eigenvalue weighted by Gasteiger charge is 2.12. The number of hydrogen-bond donors (Lipinski definition) is 1. The summed E-state index contributed by atoms with van der Waals surface area (Å²) in [6, 6.07) is 3.78. The minimum atomic E-state index is 0.604. The van der Waals surface area contributed by atoms with Gasteiger partial charge in [-0.15, -0.1) is 0 Å². The molecule has 0 amide bonds. The fraction of sp³-hybridized carbons (Fsp3) is 0.250. The summed E-state index contributed by atoms with van der Waals surface area (Å²) in [5.74, 6) is 1.35. The van der Waals surface area contributed by atoms with Crippen LogP contribution in [0.15, 0.2) is 18.3 Å². The second kappa shape index (κ2) is 4.30. The molecule has 0 radical (unpaired) electrons. The first-order chi connectivity index (χ1) is 8.04. The molecule has 4 nitrogen and oxygen atoms in total. The minimum Gasteiger partial charge on any atom is -0.496 e. The number of nitrogens with zero attached hydrogens (tertiary/aromatic N) is 2. The number of nitrogens with two attached hydrogens (primary N) is 1. The first-order valence-electron chi connectivity index (χ1n) is 5.16. The summed E-state index contributed by atoms with van der Waals surface area (Å²) in [5.41, 5.74) is 8.61. The van der Waals surface area contributed by atoms with E-state index in [9.17, 15) is 0 Å². The summed E-state index contributed by atoms with van der Waals surface area (Å²) in [4.78, 5) is 0. The number of ether oxygens (including phenoxy) is 1. The Kier molecular flexibility index (Phi) is 2.98. The average molecular weight is 252 g/mol. The van der Waals surface area contributed by atoms with E-state index in [4.69, 9.17) is 22.1 Å². The molecule has 1 aromatic heterocycles. The summed E-state index contributed by atoms with van der Waals surface area (Å²) in [6.45, 7) is 1.91. The van der Waals surface area contributed by atoms with E-state index >= 15 is 0 Å². The smallest absolute Gasteiger partial charge is 0.129 e. The average Bonchev–Trinajstić information content (AvgIpc) is 2.64. The van der Waals surface area contributed by atoms with E-state index in [0.717, 1.165) is 22.4 Å². The van der Waals surface area contributed by atoms with Crippen LogP contribution in [0.1, 0.15) is 5.56 Å². The molecule has 17 heavy (non-hydrogen) atoms. The highest BCUT2D eigenvalue weighted by molar-refractivity contribution is 6.31. The lowest BCUT2D eigenvalue weighted by molar-refractivity contribution is 0.412. The molecule has 0 fully saturated rings. The van der Waals surface area contributed by atoms with Gasteiger partial charge in [-0.05, 0) is 24.6 Å². The molecule has 5 heteroatoms. The summed E-state index contributed by atoms with van der Waals surface area (Å²) in [7, 11) is 3.42. The lowest BCUT2D eigenvalue weighted by Gasteiger charge is -2.09. The van der Waals surface area contributed by atoms with Gasteiger partial charge in [0.25, 0.3) is 0 Å². The Bertz CT molecular complexity index is 563. The van der Waals surface area contributed by atoms with Gasteiger partial charge in [0.1, 0.15) is 11.6 Å². The molecule has 2 N–H and O–H groups in total. The van der Waals surface area contributed by atoms with Crippen LogP contribution in [-0.2, 0) is 7.05 Å². The number of hydrogen-bond acceptors (Lipinski definition) is 3. The van der Waals surface area contributed by atoms with Crippen LogP contribution < -0.4 is 10.5 Å². The maximum atomic E-state index is 6.16. The maximum absolute atomic E-state index is 6.16. The van der Waals surface area contributed by atoms with Crippen molar-refractivity contribution in [3.05, 3.63) is 28.9 Å². The Morgan fingerprint density at radius 2 is 2.12 bits per heavy atom. The number of rotatable bonds is 2. The van der Waals surface area contributed by atoms with Crippen LogP contribution in [0.25, 0.3) is 11.1 Å². The van der Waals surface area contributed by atoms with Crippen molar-refractivity contribution in [2.24, 2.45) is 7.05 Å². The Morgan fingerprint density at radius 3 is 2.65 bits per heavy atom. The van der Waals surface area contributed by atoms with Crippen LogP contribution in [0.4, 0.5) is 5.82 Å². The van der Waals surface area contributed by atoms with E-state index in [-0.39, 0.29) is 0 Å². The van der Waals surface area contributed by atoms with E-state index in [2.05, 4.69) is 5.10 Å². The van der Waals surface area contributed by atoms with Gasteiger partial charge in [-0.1, -0.05) is 11.6 Å². The third-order valence-electron chi connectivity index (χ3n) is 2.81. The standard InChI is InChI=1S/C12H14ClN3O/c1-7-10(13)4-8(5-11(7)17-3)9-6-15-16(2)12(9)14/h4-6H,14H2,1-3H3. The lowest BCUT2D eigenvalue weighted by Crippen LogP contribution is -1.98. The Labute approximate surface area is 105 Å². The monoisotopic (exact) mass is 251 g/mol. The van der Waals surface area contributed by atoms with E-state index < -0.39 is 0 Å². The van der Waals surface area contributed by atoms with Crippen molar-refractivity contribution in [1.82, 2.24) is 9.78 Å². The number of anilines is 1. The number of methoxy groups -OCH3 is 1. The van der Waals surface area contributed by atoms with Gasteiger partial charge in [0.05, 0.1) is 13.3 Å². The van der Waals surface area contributed by atoms with Gasteiger partial charge in [0, 0.05) is 23.2 Å². The summed E-state index contributed by atoms with van der Waals surface area (Å²) in [6.07, 6.45) is 1.72. The van der Waals surface area contributed by atoms with Gasteiger partial charge in [-0.3, -0.25) is 4.68 Å². The molecule has 0 saturated carbocycles. The third-order valence-corrected chi connectivity index (χ3v) is 3.20. The van der Waals surface area contributed by atoms with Gasteiger partial charge in [0.2, 0.25) is 0 Å². The van der Waals surface area contributed by atoms with Crippen LogP contribution in [-0.4, -0.2) is 16.9 Å². The van der Waals surface area contributed by atoms with Gasteiger partial charge in [-0.25, -0.2) is 0 Å². The normalized spacial score (nSPS) is 10.6. The molecule has 0 aliphatic carbocycles. The quantitative estimate of drug-likeness (QED) is 0.893. The third kappa shape index (κ3) is 1.96. The molecule has 1 heterocycles. The fourth-order valence-corrected chi connectivity index (χ4v) is 1.90. The van der Waals surface area contributed by atoms with Crippen LogP contribution >= 0.6 is 11.6 Å². The molecule has 2 rings (SSSR count). The molecule has 0 atom stereocenters. The van der Waals surface area contributed by atoms with E-state index in [1.165, 1.54) is 0 Å². The Morgan fingerprint density at radius 1 is 1.41 bits per heavy atom. The molecule has 0 saturated heterocycles. The number of nitrogen functional groups attached to an aromatic ring is 1. The molecule has 0 aliphatic heterocycles. The van der Waals surface area contributed by atoms with Crippen molar-refractivity contribution in [2.75, 3.05) is 12.8 Å². The highest BCUT2D eigenvalue weighted by Crippen LogP contribution is 2.34. The van der Waals surface area contributed by atoms with Gasteiger partial charge >= 0.3 is 0 Å². The van der Waals surface area contributed by atoms with Gasteiger partial charge in [0.15, 0.2) is 0 Å². The SMILES string of the molecule is COc1cc(-c2cnn(C)c2N)cc(Cl)c1C. The molecular formula is C12H14ClN3O. The summed E-state index contributed by atoms with van der Waals surface area (Å²) < 4.78 is 6.90. The fourth-order valence-electron chi connectivity index (χ4n) is 1.69. The lowest BCUT2D eigenvalue weighted by atomic mass is 10.1. The van der Waals surface area contributed by atoms with Crippen molar-refractivity contribution in [3.8, 4) is 16.9 Å². The Balaban J connectivity index is 2.61. The number of aromatic nitrogens is 2. The first-order valence-corrected chi connectivity index (χ1v) is 5.54. The number of aryl methyl sites for hydroxylation is 1. The van der Waals surface area contributed by atoms with Crippen molar-refractivity contribution in [1.29, 1.82) is 0 Å². The maximum Gasteiger partial charge on any atom is 0.129 e. The molecule has 0 spiro atoms. The zero-order valence-electron chi connectivity index (χ0n) is 9.99. The number of halogens is 1. The second-order valence-electron chi connectivity index (χ2n) is 3.85. The van der Waals surface area contributed by atoms with Gasteiger partial charge in [-0.2, -0.15) is 5.10 Å². The zero-order chi connectivity index (χ0) is 12.6. The minimum absolute atomic E-state index is 0.604. The molecule has 90 valence electrons.